The molecule has 3 heteroatoms. The summed E-state index contributed by atoms with van der Waals surface area (Å²) >= 11 is 0. The summed E-state index contributed by atoms with van der Waals surface area (Å²) in [6.45, 7) is 0. The van der Waals surface area contributed by atoms with Gasteiger partial charge in [-0.05, 0) is 127 Å². The Bertz CT molecular complexity index is 3930. The molecule has 0 aliphatic carbocycles. The normalized spacial score (nSPS) is 11.7. The zero-order valence-corrected chi connectivity index (χ0v) is 35.3. The van der Waals surface area contributed by atoms with Crippen molar-refractivity contribution in [3.05, 3.63) is 237 Å². The first-order valence-electron chi connectivity index (χ1n) is 22.1. The van der Waals surface area contributed by atoms with Crippen molar-refractivity contribution < 1.29 is 8.83 Å². The van der Waals surface area contributed by atoms with E-state index in [2.05, 4.69) is 229 Å². The van der Waals surface area contributed by atoms with Crippen LogP contribution in [0.3, 0.4) is 0 Å². The van der Waals surface area contributed by atoms with Gasteiger partial charge in [-0.3, -0.25) is 0 Å². The highest BCUT2D eigenvalue weighted by Gasteiger charge is 2.20. The summed E-state index contributed by atoms with van der Waals surface area (Å²) in [5.74, 6) is 0. The molecule has 3 nitrogen and oxygen atoms in total. The minimum absolute atomic E-state index is 0.880. The van der Waals surface area contributed by atoms with E-state index in [9.17, 15) is 0 Å². The molecule has 13 rings (SSSR count). The Morgan fingerprint density at radius 2 is 0.754 bits per heavy atom. The summed E-state index contributed by atoms with van der Waals surface area (Å²) in [5.41, 5.74) is 16.1. The first-order valence-corrected chi connectivity index (χ1v) is 22.1. The van der Waals surface area contributed by atoms with Gasteiger partial charge in [-0.15, -0.1) is 0 Å². The maximum atomic E-state index is 6.44. The van der Waals surface area contributed by atoms with Crippen molar-refractivity contribution in [2.45, 2.75) is 0 Å². The minimum atomic E-state index is 0.880. The molecule has 0 fully saturated rings. The minimum Gasteiger partial charge on any atom is -0.456 e. The Balaban J connectivity index is 0.919. The predicted molar refractivity (Wildman–Crippen MR) is 272 cm³/mol. The molecule has 0 atom stereocenters. The highest BCUT2D eigenvalue weighted by Crippen LogP contribution is 2.44. The van der Waals surface area contributed by atoms with Crippen LogP contribution >= 0.6 is 0 Å². The van der Waals surface area contributed by atoms with Crippen molar-refractivity contribution in [3.63, 3.8) is 0 Å². The number of anilines is 3. The van der Waals surface area contributed by atoms with E-state index in [-0.39, 0.29) is 0 Å². The molecule has 65 heavy (non-hydrogen) atoms. The van der Waals surface area contributed by atoms with E-state index in [0.717, 1.165) is 88.8 Å². The maximum Gasteiger partial charge on any atom is 0.136 e. The van der Waals surface area contributed by atoms with Crippen LogP contribution < -0.4 is 4.90 Å². The Hall–Kier alpha value is -8.66. The molecule has 13 aromatic rings. The fourth-order valence-electron chi connectivity index (χ4n) is 9.90. The van der Waals surface area contributed by atoms with E-state index in [0.29, 0.717) is 0 Å². The Kier molecular flexibility index (Phi) is 8.53. The second kappa shape index (κ2) is 15.0. The largest absolute Gasteiger partial charge is 0.456 e. The van der Waals surface area contributed by atoms with Crippen LogP contribution in [-0.4, -0.2) is 0 Å². The number of fused-ring (bicyclic) bond motifs is 8. The average Bonchev–Trinajstić information content (AvgIpc) is 3.94. The van der Waals surface area contributed by atoms with Crippen LogP contribution in [0.25, 0.3) is 110 Å². The first-order chi connectivity index (χ1) is 32.2. The highest BCUT2D eigenvalue weighted by atomic mass is 16.3. The van der Waals surface area contributed by atoms with E-state index < -0.39 is 0 Å². The van der Waals surface area contributed by atoms with Gasteiger partial charge in [0.2, 0.25) is 0 Å². The van der Waals surface area contributed by atoms with Crippen molar-refractivity contribution in [1.29, 1.82) is 0 Å². The average molecular weight is 830 g/mol. The molecule has 2 heterocycles. The van der Waals surface area contributed by atoms with Gasteiger partial charge in [-0.25, -0.2) is 0 Å². The highest BCUT2D eigenvalue weighted by molar-refractivity contribution is 6.13. The monoisotopic (exact) mass is 829 g/mol. The molecule has 0 N–H and O–H groups in total. The molecule has 0 spiro atoms. The Labute approximate surface area is 375 Å². The first kappa shape index (κ1) is 36.9. The smallest absolute Gasteiger partial charge is 0.136 e. The molecule has 0 amide bonds. The van der Waals surface area contributed by atoms with E-state index in [4.69, 9.17) is 8.83 Å². The molecule has 0 radical (unpaired) electrons. The lowest BCUT2D eigenvalue weighted by Crippen LogP contribution is -2.11. The molecule has 11 aromatic carbocycles. The van der Waals surface area contributed by atoms with Gasteiger partial charge in [0.25, 0.3) is 0 Å². The summed E-state index contributed by atoms with van der Waals surface area (Å²) in [5, 5.41) is 9.36. The molecular formula is C62H39NO2. The lowest BCUT2D eigenvalue weighted by atomic mass is 9.96. The van der Waals surface area contributed by atoms with Gasteiger partial charge in [0.15, 0.2) is 0 Å². The number of rotatable bonds is 7. The molecule has 0 aliphatic rings. The fourth-order valence-corrected chi connectivity index (χ4v) is 9.90. The maximum absolute atomic E-state index is 6.44. The Morgan fingerprint density at radius 3 is 1.55 bits per heavy atom. The van der Waals surface area contributed by atoms with E-state index in [1.165, 1.54) is 38.2 Å². The Morgan fingerprint density at radius 1 is 0.262 bits per heavy atom. The molecule has 0 unspecified atom stereocenters. The zero-order valence-electron chi connectivity index (χ0n) is 35.3. The van der Waals surface area contributed by atoms with Crippen LogP contribution in [0.1, 0.15) is 0 Å². The van der Waals surface area contributed by atoms with Crippen LogP contribution in [-0.2, 0) is 0 Å². The fraction of sp³-hybridized carbons (Fsp3) is 0. The molecule has 0 saturated heterocycles. The van der Waals surface area contributed by atoms with Crippen molar-refractivity contribution in [3.8, 4) is 44.5 Å². The lowest BCUT2D eigenvalue weighted by Gasteiger charge is -2.28. The van der Waals surface area contributed by atoms with Gasteiger partial charge in [0.1, 0.15) is 22.3 Å². The topological polar surface area (TPSA) is 29.5 Å². The SMILES string of the molecule is c1ccc(N(c2ccc(-c3ccc(-c4cccc5ccccc45)cc3)cc2)c2ccc(-c3cccc4oc5ccccc5c34)cc2)c(-c2ccc3oc4cc5ccccc5cc4c3c2)c1. The lowest BCUT2D eigenvalue weighted by molar-refractivity contribution is 0.669. The summed E-state index contributed by atoms with van der Waals surface area (Å²) in [6.07, 6.45) is 0. The van der Waals surface area contributed by atoms with Gasteiger partial charge in [0, 0.05) is 38.5 Å². The van der Waals surface area contributed by atoms with Crippen LogP contribution in [0, 0.1) is 0 Å². The van der Waals surface area contributed by atoms with Gasteiger partial charge >= 0.3 is 0 Å². The summed E-state index contributed by atoms with van der Waals surface area (Å²) in [7, 11) is 0. The van der Waals surface area contributed by atoms with Crippen molar-refractivity contribution >= 4 is 82.5 Å². The van der Waals surface area contributed by atoms with E-state index >= 15 is 0 Å². The predicted octanol–water partition coefficient (Wildman–Crippen LogP) is 17.9. The second-order valence-corrected chi connectivity index (χ2v) is 16.8. The van der Waals surface area contributed by atoms with Crippen molar-refractivity contribution in [2.24, 2.45) is 0 Å². The van der Waals surface area contributed by atoms with Crippen molar-refractivity contribution in [1.82, 2.24) is 0 Å². The number of para-hydroxylation sites is 2. The number of nitrogens with zero attached hydrogens (tertiary/aromatic N) is 1. The number of benzene rings is 11. The van der Waals surface area contributed by atoms with Crippen LogP contribution in [0.4, 0.5) is 17.1 Å². The zero-order chi connectivity index (χ0) is 42.8. The number of hydrogen-bond acceptors (Lipinski definition) is 3. The molecular weight excluding hydrogens is 791 g/mol. The van der Waals surface area contributed by atoms with Crippen LogP contribution in [0.5, 0.6) is 0 Å². The van der Waals surface area contributed by atoms with Crippen LogP contribution in [0.15, 0.2) is 245 Å². The van der Waals surface area contributed by atoms with Crippen molar-refractivity contribution in [2.75, 3.05) is 4.90 Å². The van der Waals surface area contributed by atoms with Gasteiger partial charge in [0.05, 0.1) is 5.69 Å². The third-order valence-electron chi connectivity index (χ3n) is 13.1. The third-order valence-corrected chi connectivity index (χ3v) is 13.1. The summed E-state index contributed by atoms with van der Waals surface area (Å²) in [6, 6.07) is 84.8. The third kappa shape index (κ3) is 6.28. The van der Waals surface area contributed by atoms with Crippen LogP contribution in [0.2, 0.25) is 0 Å². The van der Waals surface area contributed by atoms with Gasteiger partial charge in [-0.2, -0.15) is 0 Å². The standard InChI is InChI=1S/C62H39NO2/c1-2-13-46-39-61-56(37-45(46)12-1)55-38-47(31-36-59(55)65-61)52-16-5-7-20-57(52)63(49-34-29-44(30-35-49)53-19-10-22-60-62(53)54-17-6-8-21-58(54)64-60)48-32-27-41(28-33-48)40-23-25-43(26-24-40)51-18-9-14-42-11-3-4-15-50(42)51/h1-39H. The number of hydrogen-bond donors (Lipinski definition) is 0. The molecule has 2 aromatic heterocycles. The number of furan rings is 2. The molecule has 0 aliphatic heterocycles. The van der Waals surface area contributed by atoms with E-state index in [1.807, 2.05) is 12.1 Å². The van der Waals surface area contributed by atoms with Gasteiger partial charge in [-0.1, -0.05) is 170 Å². The second-order valence-electron chi connectivity index (χ2n) is 16.8. The molecule has 0 bridgehead atoms. The quantitative estimate of drug-likeness (QED) is 0.160. The molecule has 304 valence electrons. The molecule has 0 saturated carbocycles. The summed E-state index contributed by atoms with van der Waals surface area (Å²) < 4.78 is 12.7. The van der Waals surface area contributed by atoms with Gasteiger partial charge < -0.3 is 13.7 Å². The summed E-state index contributed by atoms with van der Waals surface area (Å²) in [4.78, 5) is 2.38. The van der Waals surface area contributed by atoms with E-state index in [1.54, 1.807) is 0 Å².